The average molecular weight is 393 g/mol. The van der Waals surface area contributed by atoms with Crippen LogP contribution in [0.4, 0.5) is 5.82 Å². The summed E-state index contributed by atoms with van der Waals surface area (Å²) < 4.78 is 16.4. The molecule has 1 saturated carbocycles. The standard InChI is InChI=1S/C23H27N3O3/c1-27-19-13-15(14-20(28-2)21(19)29-3)22-25-18-12-8-7-11-17(18)23(26-22)24-16-9-5-4-6-10-16/h7-8,11-14,16H,4-6,9-10H2,1-3H3,(H,24,25,26). The number of rotatable bonds is 6. The first-order valence-corrected chi connectivity index (χ1v) is 10.1. The van der Waals surface area contributed by atoms with Crippen molar-refractivity contribution in [2.75, 3.05) is 26.6 Å². The van der Waals surface area contributed by atoms with Crippen molar-refractivity contribution in [1.82, 2.24) is 9.97 Å². The number of nitrogens with one attached hydrogen (secondary N) is 1. The van der Waals surface area contributed by atoms with Crippen molar-refractivity contribution in [3.05, 3.63) is 36.4 Å². The van der Waals surface area contributed by atoms with Crippen LogP contribution in [-0.4, -0.2) is 37.3 Å². The van der Waals surface area contributed by atoms with Crippen LogP contribution in [0.25, 0.3) is 22.3 Å². The number of fused-ring (bicyclic) bond motifs is 1. The van der Waals surface area contributed by atoms with E-state index in [1.54, 1.807) is 21.3 Å². The number of nitrogens with zero attached hydrogens (tertiary/aromatic N) is 2. The van der Waals surface area contributed by atoms with Crippen molar-refractivity contribution in [3.63, 3.8) is 0 Å². The van der Waals surface area contributed by atoms with Crippen LogP contribution in [0.1, 0.15) is 32.1 Å². The largest absolute Gasteiger partial charge is 0.493 e. The summed E-state index contributed by atoms with van der Waals surface area (Å²) in [6.07, 6.45) is 6.20. The lowest BCUT2D eigenvalue weighted by Crippen LogP contribution is -2.23. The number of anilines is 1. The molecular weight excluding hydrogens is 366 g/mol. The van der Waals surface area contributed by atoms with E-state index < -0.39 is 0 Å². The maximum absolute atomic E-state index is 5.50. The molecule has 1 aliphatic rings. The highest BCUT2D eigenvalue weighted by molar-refractivity contribution is 5.90. The van der Waals surface area contributed by atoms with Crippen molar-refractivity contribution < 1.29 is 14.2 Å². The number of benzene rings is 2. The fourth-order valence-electron chi connectivity index (χ4n) is 3.97. The molecule has 29 heavy (non-hydrogen) atoms. The summed E-state index contributed by atoms with van der Waals surface area (Å²) in [5, 5.41) is 4.71. The minimum atomic E-state index is 0.454. The van der Waals surface area contributed by atoms with Gasteiger partial charge in [-0.3, -0.25) is 0 Å². The van der Waals surface area contributed by atoms with Crippen LogP contribution < -0.4 is 19.5 Å². The fourth-order valence-corrected chi connectivity index (χ4v) is 3.97. The van der Waals surface area contributed by atoms with Crippen molar-refractivity contribution in [3.8, 4) is 28.6 Å². The maximum Gasteiger partial charge on any atom is 0.203 e. The van der Waals surface area contributed by atoms with E-state index in [-0.39, 0.29) is 0 Å². The average Bonchev–Trinajstić information content (AvgIpc) is 2.78. The molecule has 3 aromatic rings. The third-order valence-electron chi connectivity index (χ3n) is 5.47. The molecule has 1 aliphatic carbocycles. The van der Waals surface area contributed by atoms with E-state index in [9.17, 15) is 0 Å². The topological polar surface area (TPSA) is 65.5 Å². The number of aromatic nitrogens is 2. The van der Waals surface area contributed by atoms with E-state index in [2.05, 4.69) is 11.4 Å². The zero-order chi connectivity index (χ0) is 20.2. The summed E-state index contributed by atoms with van der Waals surface area (Å²) in [5.41, 5.74) is 1.72. The molecule has 0 bridgehead atoms. The highest BCUT2D eigenvalue weighted by atomic mass is 16.5. The fraction of sp³-hybridized carbons (Fsp3) is 0.391. The van der Waals surface area contributed by atoms with Gasteiger partial charge in [-0.25, -0.2) is 9.97 Å². The molecule has 6 nitrogen and oxygen atoms in total. The quantitative estimate of drug-likeness (QED) is 0.631. The molecule has 1 fully saturated rings. The summed E-state index contributed by atoms with van der Waals surface area (Å²) in [5.74, 6) is 3.23. The Kier molecular flexibility index (Phi) is 5.69. The summed E-state index contributed by atoms with van der Waals surface area (Å²) >= 11 is 0. The van der Waals surface area contributed by atoms with Crippen LogP contribution in [-0.2, 0) is 0 Å². The second kappa shape index (κ2) is 8.55. The first kappa shape index (κ1) is 19.3. The molecule has 0 atom stereocenters. The van der Waals surface area contributed by atoms with E-state index in [0.717, 1.165) is 22.3 Å². The van der Waals surface area contributed by atoms with Gasteiger partial charge in [0.05, 0.1) is 26.8 Å². The molecular formula is C23H27N3O3. The molecule has 4 rings (SSSR count). The van der Waals surface area contributed by atoms with Gasteiger partial charge in [-0.1, -0.05) is 31.4 Å². The van der Waals surface area contributed by atoms with E-state index in [0.29, 0.717) is 29.1 Å². The van der Waals surface area contributed by atoms with Crippen LogP contribution in [0.5, 0.6) is 17.2 Å². The summed E-state index contributed by atoms with van der Waals surface area (Å²) in [6.45, 7) is 0. The smallest absolute Gasteiger partial charge is 0.203 e. The Labute approximate surface area is 171 Å². The monoisotopic (exact) mass is 393 g/mol. The van der Waals surface area contributed by atoms with Gasteiger partial charge in [0.2, 0.25) is 5.75 Å². The third kappa shape index (κ3) is 3.92. The molecule has 0 spiro atoms. The third-order valence-corrected chi connectivity index (χ3v) is 5.47. The lowest BCUT2D eigenvalue weighted by molar-refractivity contribution is 0.324. The lowest BCUT2D eigenvalue weighted by atomic mass is 9.95. The van der Waals surface area contributed by atoms with Crippen LogP contribution in [0.2, 0.25) is 0 Å². The SMILES string of the molecule is COc1cc(-c2nc(NC3CCCCC3)c3ccccc3n2)cc(OC)c1OC. The number of para-hydroxylation sites is 1. The number of hydrogen-bond acceptors (Lipinski definition) is 6. The molecule has 1 N–H and O–H groups in total. The number of ether oxygens (including phenoxy) is 3. The van der Waals surface area contributed by atoms with Gasteiger partial charge in [0, 0.05) is 17.0 Å². The maximum atomic E-state index is 5.50. The lowest BCUT2D eigenvalue weighted by Gasteiger charge is -2.24. The molecule has 1 heterocycles. The molecule has 2 aromatic carbocycles. The van der Waals surface area contributed by atoms with Gasteiger partial charge < -0.3 is 19.5 Å². The number of hydrogen-bond donors (Lipinski definition) is 1. The first-order chi connectivity index (χ1) is 14.2. The molecule has 1 aromatic heterocycles. The highest BCUT2D eigenvalue weighted by Crippen LogP contribution is 2.41. The Morgan fingerprint density at radius 3 is 2.21 bits per heavy atom. The van der Waals surface area contributed by atoms with Crippen LogP contribution in [0.3, 0.4) is 0 Å². The van der Waals surface area contributed by atoms with Crippen molar-refractivity contribution in [2.45, 2.75) is 38.1 Å². The van der Waals surface area contributed by atoms with Crippen molar-refractivity contribution in [2.24, 2.45) is 0 Å². The first-order valence-electron chi connectivity index (χ1n) is 10.1. The van der Waals surface area contributed by atoms with Gasteiger partial charge in [0.1, 0.15) is 5.82 Å². The van der Waals surface area contributed by atoms with E-state index in [1.165, 1.54) is 32.1 Å². The predicted octanol–water partition coefficient (Wildman–Crippen LogP) is 5.07. The molecule has 0 aliphatic heterocycles. The van der Waals surface area contributed by atoms with Gasteiger partial charge in [-0.05, 0) is 37.1 Å². The van der Waals surface area contributed by atoms with E-state index >= 15 is 0 Å². The van der Waals surface area contributed by atoms with Crippen LogP contribution in [0.15, 0.2) is 36.4 Å². The summed E-state index contributed by atoms with van der Waals surface area (Å²) in [7, 11) is 4.82. The van der Waals surface area contributed by atoms with Gasteiger partial charge in [-0.2, -0.15) is 0 Å². The molecule has 0 amide bonds. The van der Waals surface area contributed by atoms with E-state index in [4.69, 9.17) is 24.2 Å². The van der Waals surface area contributed by atoms with E-state index in [1.807, 2.05) is 30.3 Å². The predicted molar refractivity (Wildman–Crippen MR) is 115 cm³/mol. The Hall–Kier alpha value is -3.02. The van der Waals surface area contributed by atoms with Crippen molar-refractivity contribution >= 4 is 16.7 Å². The van der Waals surface area contributed by atoms with Gasteiger partial charge in [0.15, 0.2) is 17.3 Å². The Bertz CT molecular complexity index is 975. The molecule has 152 valence electrons. The number of methoxy groups -OCH3 is 3. The van der Waals surface area contributed by atoms with Gasteiger partial charge in [0.25, 0.3) is 0 Å². The summed E-state index contributed by atoms with van der Waals surface area (Å²) in [4.78, 5) is 9.70. The van der Waals surface area contributed by atoms with Gasteiger partial charge in [-0.15, -0.1) is 0 Å². The van der Waals surface area contributed by atoms with Gasteiger partial charge >= 0.3 is 0 Å². The molecule has 0 saturated heterocycles. The molecule has 0 unspecified atom stereocenters. The Balaban J connectivity index is 1.82. The zero-order valence-corrected chi connectivity index (χ0v) is 17.2. The second-order valence-corrected chi connectivity index (χ2v) is 7.31. The Morgan fingerprint density at radius 1 is 0.862 bits per heavy atom. The minimum Gasteiger partial charge on any atom is -0.493 e. The van der Waals surface area contributed by atoms with Crippen LogP contribution >= 0.6 is 0 Å². The van der Waals surface area contributed by atoms with Crippen LogP contribution in [0, 0.1) is 0 Å². The zero-order valence-electron chi connectivity index (χ0n) is 17.2. The normalized spacial score (nSPS) is 14.6. The Morgan fingerprint density at radius 2 is 1.55 bits per heavy atom. The molecule has 6 heteroatoms. The van der Waals surface area contributed by atoms with Crippen molar-refractivity contribution in [1.29, 1.82) is 0 Å². The highest BCUT2D eigenvalue weighted by Gasteiger charge is 2.19. The second-order valence-electron chi connectivity index (χ2n) is 7.31. The minimum absolute atomic E-state index is 0.454. The summed E-state index contributed by atoms with van der Waals surface area (Å²) in [6, 6.07) is 12.3. The molecule has 0 radical (unpaired) electrons.